The largest absolute Gasteiger partial charge is 0.479 e. The van der Waals surface area contributed by atoms with Crippen LogP contribution < -0.4 is 0 Å². The van der Waals surface area contributed by atoms with Crippen molar-refractivity contribution < 1.29 is 20.1 Å². The van der Waals surface area contributed by atoms with Crippen LogP contribution in [-0.2, 0) is 4.79 Å². The van der Waals surface area contributed by atoms with Gasteiger partial charge in [0.05, 0.1) is 0 Å². The van der Waals surface area contributed by atoms with E-state index in [4.69, 9.17) is 10.2 Å². The number of hydrogen-bond acceptors (Lipinski definition) is 3. The molecule has 0 bridgehead atoms. The zero-order chi connectivity index (χ0) is 10.7. The molecule has 0 aliphatic rings. The standard InChI is InChI=1S/C9H9BrO4/c10-6-4-2-1-3-5(6)7(11)8(12)9(13)14/h1-4,7-8,11-12H,(H,13,14). The Balaban J connectivity index is 2.94. The first kappa shape index (κ1) is 11.2. The first-order valence-corrected chi connectivity index (χ1v) is 4.66. The Bertz CT molecular complexity index is 339. The maximum absolute atomic E-state index is 10.4. The maximum Gasteiger partial charge on any atom is 0.335 e. The van der Waals surface area contributed by atoms with E-state index in [1.807, 2.05) is 0 Å². The van der Waals surface area contributed by atoms with Crippen LogP contribution in [-0.4, -0.2) is 27.4 Å². The summed E-state index contributed by atoms with van der Waals surface area (Å²) < 4.78 is 0.563. The Hall–Kier alpha value is -0.910. The van der Waals surface area contributed by atoms with Gasteiger partial charge in [-0.25, -0.2) is 4.79 Å². The van der Waals surface area contributed by atoms with Crippen LogP contribution in [0.5, 0.6) is 0 Å². The number of carboxylic acid groups (broad SMARTS) is 1. The van der Waals surface area contributed by atoms with Crippen molar-refractivity contribution in [2.75, 3.05) is 0 Å². The van der Waals surface area contributed by atoms with Crippen molar-refractivity contribution in [2.24, 2.45) is 0 Å². The second kappa shape index (κ2) is 4.54. The summed E-state index contributed by atoms with van der Waals surface area (Å²) in [5.41, 5.74) is 0.349. The van der Waals surface area contributed by atoms with Gasteiger partial charge in [0.25, 0.3) is 0 Å². The smallest absolute Gasteiger partial charge is 0.335 e. The molecule has 0 aliphatic heterocycles. The van der Waals surface area contributed by atoms with Crippen LogP contribution >= 0.6 is 15.9 Å². The van der Waals surface area contributed by atoms with E-state index in [9.17, 15) is 9.90 Å². The molecule has 0 aromatic heterocycles. The molecule has 0 amide bonds. The molecule has 0 fully saturated rings. The summed E-state index contributed by atoms with van der Waals surface area (Å²) in [7, 11) is 0. The molecule has 0 radical (unpaired) electrons. The molecular formula is C9H9BrO4. The molecular weight excluding hydrogens is 252 g/mol. The molecule has 1 rings (SSSR count). The lowest BCUT2D eigenvalue weighted by atomic mass is 10.0. The summed E-state index contributed by atoms with van der Waals surface area (Å²) in [5, 5.41) is 27.1. The van der Waals surface area contributed by atoms with E-state index in [-0.39, 0.29) is 0 Å². The lowest BCUT2D eigenvalue weighted by Crippen LogP contribution is -2.27. The molecule has 2 atom stereocenters. The van der Waals surface area contributed by atoms with Crippen LogP contribution in [0.15, 0.2) is 28.7 Å². The molecule has 5 heteroatoms. The van der Waals surface area contributed by atoms with Gasteiger partial charge in [0.1, 0.15) is 6.10 Å². The van der Waals surface area contributed by atoms with Gasteiger partial charge in [-0.05, 0) is 11.6 Å². The minimum atomic E-state index is -1.81. The van der Waals surface area contributed by atoms with Gasteiger partial charge in [-0.3, -0.25) is 0 Å². The number of halogens is 1. The fourth-order valence-corrected chi connectivity index (χ4v) is 1.54. The lowest BCUT2D eigenvalue weighted by molar-refractivity contribution is -0.153. The van der Waals surface area contributed by atoms with Crippen LogP contribution in [0.1, 0.15) is 11.7 Å². The molecule has 4 nitrogen and oxygen atoms in total. The minimum Gasteiger partial charge on any atom is -0.479 e. The summed E-state index contributed by atoms with van der Waals surface area (Å²) in [6.45, 7) is 0. The van der Waals surface area contributed by atoms with Crippen molar-refractivity contribution >= 4 is 21.9 Å². The van der Waals surface area contributed by atoms with Crippen LogP contribution in [0.3, 0.4) is 0 Å². The van der Waals surface area contributed by atoms with E-state index in [1.165, 1.54) is 0 Å². The number of hydrogen-bond donors (Lipinski definition) is 3. The quantitative estimate of drug-likeness (QED) is 0.756. The molecule has 0 saturated heterocycles. The number of benzene rings is 1. The fraction of sp³-hybridized carbons (Fsp3) is 0.222. The van der Waals surface area contributed by atoms with E-state index in [1.54, 1.807) is 24.3 Å². The molecule has 0 heterocycles. The monoisotopic (exact) mass is 260 g/mol. The number of carbonyl (C=O) groups is 1. The number of aliphatic hydroxyl groups excluding tert-OH is 2. The second-order valence-electron chi connectivity index (χ2n) is 2.75. The van der Waals surface area contributed by atoms with Gasteiger partial charge < -0.3 is 15.3 Å². The van der Waals surface area contributed by atoms with Gasteiger partial charge >= 0.3 is 5.97 Å². The zero-order valence-electron chi connectivity index (χ0n) is 7.09. The molecule has 0 aliphatic carbocycles. The van der Waals surface area contributed by atoms with Crippen LogP contribution in [0, 0.1) is 0 Å². The summed E-state index contributed by atoms with van der Waals surface area (Å²) in [6, 6.07) is 6.58. The zero-order valence-corrected chi connectivity index (χ0v) is 8.68. The highest BCUT2D eigenvalue weighted by Crippen LogP contribution is 2.25. The van der Waals surface area contributed by atoms with Gasteiger partial charge in [-0.15, -0.1) is 0 Å². The van der Waals surface area contributed by atoms with E-state index < -0.39 is 18.2 Å². The first-order chi connectivity index (χ1) is 6.54. The molecule has 0 saturated carbocycles. The number of rotatable bonds is 3. The summed E-state index contributed by atoms with van der Waals surface area (Å²) in [5.74, 6) is -1.45. The first-order valence-electron chi connectivity index (χ1n) is 3.87. The normalized spacial score (nSPS) is 14.8. The second-order valence-corrected chi connectivity index (χ2v) is 3.60. The molecule has 3 N–H and O–H groups in total. The Morgan fingerprint density at radius 2 is 1.86 bits per heavy atom. The lowest BCUT2D eigenvalue weighted by Gasteiger charge is -2.15. The van der Waals surface area contributed by atoms with E-state index in [0.717, 1.165) is 0 Å². The average Bonchev–Trinajstić information content (AvgIpc) is 2.16. The Kier molecular flexibility index (Phi) is 3.62. The van der Waals surface area contributed by atoms with Crippen molar-refractivity contribution in [3.05, 3.63) is 34.3 Å². The molecule has 2 unspecified atom stereocenters. The molecule has 1 aromatic carbocycles. The topological polar surface area (TPSA) is 77.8 Å². The van der Waals surface area contributed by atoms with Crippen LogP contribution in [0.25, 0.3) is 0 Å². The maximum atomic E-state index is 10.4. The van der Waals surface area contributed by atoms with Crippen molar-refractivity contribution in [3.8, 4) is 0 Å². The molecule has 1 aromatic rings. The third-order valence-corrected chi connectivity index (χ3v) is 2.50. The molecule has 14 heavy (non-hydrogen) atoms. The third kappa shape index (κ3) is 2.31. The Labute approximate surface area is 88.9 Å². The summed E-state index contributed by atoms with van der Waals surface area (Å²) in [4.78, 5) is 10.4. The highest BCUT2D eigenvalue weighted by Gasteiger charge is 2.26. The van der Waals surface area contributed by atoms with Crippen molar-refractivity contribution in [3.63, 3.8) is 0 Å². The Morgan fingerprint density at radius 1 is 1.29 bits per heavy atom. The van der Waals surface area contributed by atoms with Crippen molar-refractivity contribution in [1.29, 1.82) is 0 Å². The molecule has 76 valence electrons. The Morgan fingerprint density at radius 3 is 2.36 bits per heavy atom. The predicted molar refractivity (Wildman–Crippen MR) is 52.7 cm³/mol. The number of aliphatic carboxylic acids is 1. The number of carboxylic acids is 1. The van der Waals surface area contributed by atoms with Gasteiger partial charge in [-0.2, -0.15) is 0 Å². The van der Waals surface area contributed by atoms with Crippen molar-refractivity contribution in [1.82, 2.24) is 0 Å². The van der Waals surface area contributed by atoms with Crippen LogP contribution in [0.2, 0.25) is 0 Å². The van der Waals surface area contributed by atoms with Gasteiger partial charge in [-0.1, -0.05) is 34.1 Å². The van der Waals surface area contributed by atoms with Crippen molar-refractivity contribution in [2.45, 2.75) is 12.2 Å². The van der Waals surface area contributed by atoms with Gasteiger partial charge in [0, 0.05) is 4.47 Å². The average molecular weight is 261 g/mol. The number of aliphatic hydroxyl groups is 2. The highest BCUT2D eigenvalue weighted by molar-refractivity contribution is 9.10. The van der Waals surface area contributed by atoms with E-state index in [2.05, 4.69) is 15.9 Å². The van der Waals surface area contributed by atoms with E-state index in [0.29, 0.717) is 10.0 Å². The summed E-state index contributed by atoms with van der Waals surface area (Å²) in [6.07, 6.45) is -3.24. The van der Waals surface area contributed by atoms with Gasteiger partial charge in [0.15, 0.2) is 6.10 Å². The van der Waals surface area contributed by atoms with Gasteiger partial charge in [0.2, 0.25) is 0 Å². The molecule has 0 spiro atoms. The third-order valence-electron chi connectivity index (χ3n) is 1.78. The summed E-state index contributed by atoms with van der Waals surface area (Å²) >= 11 is 3.15. The SMILES string of the molecule is O=C(O)C(O)C(O)c1ccccc1Br. The highest BCUT2D eigenvalue weighted by atomic mass is 79.9. The predicted octanol–water partition coefficient (Wildman–Crippen LogP) is 0.928. The fourth-order valence-electron chi connectivity index (χ4n) is 1.02. The minimum absolute atomic E-state index is 0.349. The van der Waals surface area contributed by atoms with E-state index >= 15 is 0 Å². The van der Waals surface area contributed by atoms with Crippen LogP contribution in [0.4, 0.5) is 0 Å².